The number of rotatable bonds is 3. The predicted octanol–water partition coefficient (Wildman–Crippen LogP) is 4.66. The molecule has 3 rings (SSSR count). The quantitative estimate of drug-likeness (QED) is 0.659. The molecule has 3 aromatic rings. The summed E-state index contributed by atoms with van der Waals surface area (Å²) >= 11 is 12.0. The van der Waals surface area contributed by atoms with E-state index in [1.165, 1.54) is 0 Å². The first-order valence-corrected chi connectivity index (χ1v) is 7.00. The summed E-state index contributed by atoms with van der Waals surface area (Å²) in [5.41, 5.74) is 2.62. The van der Waals surface area contributed by atoms with Crippen LogP contribution < -0.4 is 0 Å². The van der Waals surface area contributed by atoms with Gasteiger partial charge in [0.05, 0.1) is 11.3 Å². The molecule has 0 aliphatic carbocycles. The van der Waals surface area contributed by atoms with E-state index in [1.54, 1.807) is 29.1 Å². The van der Waals surface area contributed by atoms with Crippen molar-refractivity contribution in [3.8, 4) is 16.9 Å². The normalized spacial score (nSPS) is 10.6. The van der Waals surface area contributed by atoms with E-state index in [2.05, 4.69) is 5.10 Å². The topological polar surface area (TPSA) is 34.9 Å². The summed E-state index contributed by atoms with van der Waals surface area (Å²) in [5.74, 6) is 0. The Bertz CT molecular complexity index is 777. The molecule has 1 heterocycles. The third-order valence-corrected chi connectivity index (χ3v) is 3.46. The minimum Gasteiger partial charge on any atom is -0.298 e. The first-order chi connectivity index (χ1) is 10.2. The molecule has 0 amide bonds. The van der Waals surface area contributed by atoms with Gasteiger partial charge in [-0.25, -0.2) is 4.68 Å². The second kappa shape index (κ2) is 5.72. The highest BCUT2D eigenvalue weighted by atomic mass is 35.5. The van der Waals surface area contributed by atoms with Crippen LogP contribution in [0.15, 0.2) is 54.7 Å². The van der Waals surface area contributed by atoms with E-state index in [1.807, 2.05) is 30.3 Å². The van der Waals surface area contributed by atoms with Gasteiger partial charge < -0.3 is 0 Å². The number of carbonyl (C=O) groups is 1. The van der Waals surface area contributed by atoms with Crippen LogP contribution in [0.3, 0.4) is 0 Å². The van der Waals surface area contributed by atoms with E-state index in [4.69, 9.17) is 23.2 Å². The van der Waals surface area contributed by atoms with Gasteiger partial charge in [0.1, 0.15) is 5.69 Å². The van der Waals surface area contributed by atoms with Crippen LogP contribution in [0.1, 0.15) is 10.4 Å². The summed E-state index contributed by atoms with van der Waals surface area (Å²) in [7, 11) is 0. The molecule has 3 nitrogen and oxygen atoms in total. The molecule has 0 radical (unpaired) electrons. The number of aldehydes is 1. The van der Waals surface area contributed by atoms with Crippen LogP contribution in [0.4, 0.5) is 0 Å². The fourth-order valence-corrected chi connectivity index (χ4v) is 2.63. The molecule has 0 aliphatic heterocycles. The average molecular weight is 317 g/mol. The molecule has 0 bridgehead atoms. The molecule has 2 aromatic carbocycles. The Labute approximate surface area is 131 Å². The average Bonchev–Trinajstić information content (AvgIpc) is 2.91. The van der Waals surface area contributed by atoms with Crippen molar-refractivity contribution < 1.29 is 4.79 Å². The lowest BCUT2D eigenvalue weighted by molar-refractivity contribution is 0.112. The molecule has 5 heteroatoms. The highest BCUT2D eigenvalue weighted by molar-refractivity contribution is 6.35. The van der Waals surface area contributed by atoms with Crippen LogP contribution in [0, 0.1) is 0 Å². The number of aromatic nitrogens is 2. The molecule has 0 unspecified atom stereocenters. The molecule has 0 fully saturated rings. The first kappa shape index (κ1) is 13.9. The van der Waals surface area contributed by atoms with E-state index in [0.717, 1.165) is 12.0 Å². The molecule has 0 aliphatic rings. The third kappa shape index (κ3) is 2.84. The fraction of sp³-hybridized carbons (Fsp3) is 0. The van der Waals surface area contributed by atoms with Crippen molar-refractivity contribution in [1.82, 2.24) is 9.78 Å². The van der Waals surface area contributed by atoms with Crippen LogP contribution in [-0.2, 0) is 0 Å². The van der Waals surface area contributed by atoms with Crippen molar-refractivity contribution in [3.63, 3.8) is 0 Å². The molecular formula is C16H10Cl2N2O. The molecule has 0 saturated carbocycles. The van der Waals surface area contributed by atoms with Crippen molar-refractivity contribution in [2.24, 2.45) is 0 Å². The second-order valence-electron chi connectivity index (χ2n) is 4.49. The predicted molar refractivity (Wildman–Crippen MR) is 84.4 cm³/mol. The molecule has 0 atom stereocenters. The van der Waals surface area contributed by atoms with Crippen molar-refractivity contribution in [3.05, 3.63) is 70.3 Å². The summed E-state index contributed by atoms with van der Waals surface area (Å²) in [6.07, 6.45) is 2.46. The minimum atomic E-state index is 0.484. The SMILES string of the molecule is O=Cc1cn(-c2ccccc2)nc1-c1cc(Cl)cc(Cl)c1. The highest BCUT2D eigenvalue weighted by Gasteiger charge is 2.12. The molecule has 0 spiro atoms. The smallest absolute Gasteiger partial charge is 0.153 e. The Morgan fingerprint density at radius 1 is 1.00 bits per heavy atom. The number of hydrogen-bond acceptors (Lipinski definition) is 2. The summed E-state index contributed by atoms with van der Waals surface area (Å²) < 4.78 is 1.66. The van der Waals surface area contributed by atoms with Crippen molar-refractivity contribution >= 4 is 29.5 Å². The minimum absolute atomic E-state index is 0.484. The fourth-order valence-electron chi connectivity index (χ4n) is 2.10. The summed E-state index contributed by atoms with van der Waals surface area (Å²) in [6.45, 7) is 0. The van der Waals surface area contributed by atoms with Gasteiger partial charge in [-0.05, 0) is 30.3 Å². The monoisotopic (exact) mass is 316 g/mol. The van der Waals surface area contributed by atoms with Gasteiger partial charge in [0, 0.05) is 21.8 Å². The van der Waals surface area contributed by atoms with Crippen LogP contribution in [0.25, 0.3) is 16.9 Å². The Hall–Kier alpha value is -2.10. The number of para-hydroxylation sites is 1. The Balaban J connectivity index is 2.14. The lowest BCUT2D eigenvalue weighted by Crippen LogP contribution is -1.94. The summed E-state index contributed by atoms with van der Waals surface area (Å²) in [4.78, 5) is 11.3. The van der Waals surface area contributed by atoms with Crippen molar-refractivity contribution in [1.29, 1.82) is 0 Å². The summed E-state index contributed by atoms with van der Waals surface area (Å²) in [6, 6.07) is 14.7. The maximum atomic E-state index is 11.3. The van der Waals surface area contributed by atoms with Gasteiger partial charge in [-0.3, -0.25) is 4.79 Å². The van der Waals surface area contributed by atoms with E-state index >= 15 is 0 Å². The molecule has 1 aromatic heterocycles. The molecular weight excluding hydrogens is 307 g/mol. The maximum absolute atomic E-state index is 11.3. The third-order valence-electron chi connectivity index (χ3n) is 3.03. The summed E-state index contributed by atoms with van der Waals surface area (Å²) in [5, 5.41) is 5.48. The van der Waals surface area contributed by atoms with E-state index in [9.17, 15) is 4.79 Å². The Morgan fingerprint density at radius 2 is 1.67 bits per heavy atom. The number of benzene rings is 2. The van der Waals surface area contributed by atoms with Crippen LogP contribution in [0.5, 0.6) is 0 Å². The standard InChI is InChI=1S/C16H10Cl2N2O/c17-13-6-11(7-14(18)8-13)16-12(10-21)9-20(19-16)15-4-2-1-3-5-15/h1-10H. The second-order valence-corrected chi connectivity index (χ2v) is 5.36. The largest absolute Gasteiger partial charge is 0.298 e. The zero-order chi connectivity index (χ0) is 14.8. The Kier molecular flexibility index (Phi) is 3.78. The molecule has 21 heavy (non-hydrogen) atoms. The lowest BCUT2D eigenvalue weighted by Gasteiger charge is -2.02. The van der Waals surface area contributed by atoms with Crippen molar-refractivity contribution in [2.45, 2.75) is 0 Å². The number of nitrogens with zero attached hydrogens (tertiary/aromatic N) is 2. The van der Waals surface area contributed by atoms with Gasteiger partial charge in [0.25, 0.3) is 0 Å². The van der Waals surface area contributed by atoms with E-state index in [-0.39, 0.29) is 0 Å². The number of halogens is 2. The van der Waals surface area contributed by atoms with Gasteiger partial charge in [-0.1, -0.05) is 41.4 Å². The van der Waals surface area contributed by atoms with Gasteiger partial charge in [0.2, 0.25) is 0 Å². The Morgan fingerprint density at radius 3 is 2.29 bits per heavy atom. The molecule has 0 N–H and O–H groups in total. The van der Waals surface area contributed by atoms with Crippen LogP contribution in [-0.4, -0.2) is 16.1 Å². The highest BCUT2D eigenvalue weighted by Crippen LogP contribution is 2.28. The maximum Gasteiger partial charge on any atom is 0.153 e. The first-order valence-electron chi connectivity index (χ1n) is 6.24. The van der Waals surface area contributed by atoms with Gasteiger partial charge in [-0.15, -0.1) is 0 Å². The molecule has 104 valence electrons. The lowest BCUT2D eigenvalue weighted by atomic mass is 10.1. The number of carbonyl (C=O) groups excluding carboxylic acids is 1. The zero-order valence-electron chi connectivity index (χ0n) is 10.8. The van der Waals surface area contributed by atoms with Gasteiger partial charge in [0.15, 0.2) is 6.29 Å². The van der Waals surface area contributed by atoms with Crippen LogP contribution in [0.2, 0.25) is 10.0 Å². The number of hydrogen-bond donors (Lipinski definition) is 0. The van der Waals surface area contributed by atoms with Crippen molar-refractivity contribution in [2.75, 3.05) is 0 Å². The van der Waals surface area contributed by atoms with Gasteiger partial charge in [-0.2, -0.15) is 5.10 Å². The van der Waals surface area contributed by atoms with E-state index < -0.39 is 0 Å². The molecule has 0 saturated heterocycles. The van der Waals surface area contributed by atoms with Gasteiger partial charge >= 0.3 is 0 Å². The van der Waals surface area contributed by atoms with E-state index in [0.29, 0.717) is 26.9 Å². The zero-order valence-corrected chi connectivity index (χ0v) is 12.3. The van der Waals surface area contributed by atoms with Crippen LogP contribution >= 0.6 is 23.2 Å².